The molecule has 4 unspecified atom stereocenters. The standard InChI is InChI=1S/C54H63FN4O6/c1-35-27-44-51(43-31-59(52(62)49(35)43)36(2)13-16-48(61)56-34-60)64-33-53(44)19-23-57(24-20-53)30-37-17-18-54(65-32-37)21-25-58(26-22-54)46-29-47(63-3)42(28-45(46)55)50-40-12-8-7-11-39(40)14-15-41(50)38-9-5-4-6-10-38/h4-12,27-29,34,36-37,41,50H,13-26,30-33H2,1-3H3,(H,56,60,61). The van der Waals surface area contributed by atoms with E-state index in [4.69, 9.17) is 14.2 Å². The van der Waals surface area contributed by atoms with Crippen molar-refractivity contribution in [3.63, 3.8) is 0 Å². The number of aryl methyl sites for hydroxylation is 2. The second-order valence-electron chi connectivity index (χ2n) is 20.0. The summed E-state index contributed by atoms with van der Waals surface area (Å²) in [6.07, 6.45) is 9.01. The number of hydrogen-bond acceptors (Lipinski definition) is 8. The van der Waals surface area contributed by atoms with Crippen molar-refractivity contribution in [2.45, 2.75) is 113 Å². The van der Waals surface area contributed by atoms with Gasteiger partial charge in [0.15, 0.2) is 0 Å². The van der Waals surface area contributed by atoms with Crippen molar-refractivity contribution >= 4 is 23.9 Å². The predicted molar refractivity (Wildman–Crippen MR) is 248 cm³/mol. The molecule has 1 aliphatic carbocycles. The van der Waals surface area contributed by atoms with Crippen molar-refractivity contribution < 1.29 is 33.0 Å². The lowest BCUT2D eigenvalue weighted by Crippen LogP contribution is -2.51. The van der Waals surface area contributed by atoms with Gasteiger partial charge < -0.3 is 28.9 Å². The Labute approximate surface area is 382 Å². The smallest absolute Gasteiger partial charge is 0.255 e. The Bertz CT molecular complexity index is 2430. The van der Waals surface area contributed by atoms with Gasteiger partial charge in [0.25, 0.3) is 5.91 Å². The summed E-state index contributed by atoms with van der Waals surface area (Å²) in [6.45, 7) is 10.4. The number of nitrogens with zero attached hydrogens (tertiary/aromatic N) is 3. The van der Waals surface area contributed by atoms with E-state index >= 15 is 4.39 Å². The van der Waals surface area contributed by atoms with Gasteiger partial charge in [0.2, 0.25) is 12.3 Å². The molecule has 5 aliphatic heterocycles. The van der Waals surface area contributed by atoms with Gasteiger partial charge in [-0.3, -0.25) is 19.7 Å². The van der Waals surface area contributed by atoms with Crippen molar-refractivity contribution in [3.8, 4) is 11.5 Å². The number of rotatable bonds is 11. The molecule has 6 aliphatic rings. The summed E-state index contributed by atoms with van der Waals surface area (Å²) in [7, 11) is 1.72. The highest BCUT2D eigenvalue weighted by atomic mass is 19.1. The fraction of sp³-hybridized carbons (Fsp3) is 0.500. The van der Waals surface area contributed by atoms with E-state index in [1.54, 1.807) is 13.2 Å². The van der Waals surface area contributed by atoms with Gasteiger partial charge in [0.05, 0.1) is 43.7 Å². The van der Waals surface area contributed by atoms with Crippen LogP contribution in [0.5, 0.6) is 11.5 Å². The van der Waals surface area contributed by atoms with E-state index in [2.05, 4.69) is 75.8 Å². The number of carbonyl (C=O) groups excluding carboxylic acids is 3. The number of carbonyl (C=O) groups is 3. The number of fused-ring (bicyclic) bond motifs is 5. The maximum absolute atomic E-state index is 16.5. The fourth-order valence-corrected chi connectivity index (χ4v) is 12.5. The Morgan fingerprint density at radius 1 is 0.969 bits per heavy atom. The molecule has 4 aromatic carbocycles. The SMILES string of the molecule is COc1cc(N2CCC3(CCC(CN4CCC5(CC4)COc4c5cc(C)c5c4CN(C(C)CCC(=O)NC=O)C5=O)CO3)CC2)c(F)cc1C1c2ccccc2CCC1c1ccccc1. The monoisotopic (exact) mass is 882 g/mol. The Kier molecular flexibility index (Phi) is 12.0. The summed E-state index contributed by atoms with van der Waals surface area (Å²) in [4.78, 5) is 42.9. The molecule has 0 radical (unpaired) electrons. The van der Waals surface area contributed by atoms with E-state index in [0.29, 0.717) is 37.6 Å². The first-order chi connectivity index (χ1) is 31.6. The molecule has 0 saturated carbocycles. The Hall–Kier alpha value is -5.26. The largest absolute Gasteiger partial charge is 0.496 e. The minimum absolute atomic E-state index is 0.000342. The van der Waals surface area contributed by atoms with Gasteiger partial charge in [0, 0.05) is 66.2 Å². The predicted octanol–water partition coefficient (Wildman–Crippen LogP) is 8.59. The molecule has 10 rings (SSSR count). The summed E-state index contributed by atoms with van der Waals surface area (Å²) in [5.74, 6) is 1.82. The van der Waals surface area contributed by atoms with Crippen LogP contribution in [0.15, 0.2) is 72.8 Å². The third-order valence-corrected chi connectivity index (χ3v) is 16.3. The van der Waals surface area contributed by atoms with Crippen LogP contribution in [-0.2, 0) is 32.7 Å². The van der Waals surface area contributed by atoms with Gasteiger partial charge in [-0.15, -0.1) is 0 Å². The zero-order valence-electron chi connectivity index (χ0n) is 38.2. The van der Waals surface area contributed by atoms with Gasteiger partial charge in [0.1, 0.15) is 17.3 Å². The number of amides is 3. The van der Waals surface area contributed by atoms with Crippen LogP contribution in [0.25, 0.3) is 0 Å². The number of benzene rings is 4. The first-order valence-electron chi connectivity index (χ1n) is 24.0. The minimum atomic E-state index is -0.335. The van der Waals surface area contributed by atoms with Crippen molar-refractivity contribution in [2.75, 3.05) is 57.9 Å². The minimum Gasteiger partial charge on any atom is -0.496 e. The molecule has 4 atom stereocenters. The molecular weight excluding hydrogens is 820 g/mol. The Morgan fingerprint density at radius 2 is 1.74 bits per heavy atom. The van der Waals surface area contributed by atoms with E-state index in [0.717, 1.165) is 124 Å². The van der Waals surface area contributed by atoms with E-state index in [-0.39, 0.29) is 52.9 Å². The van der Waals surface area contributed by atoms with Crippen LogP contribution in [0.3, 0.4) is 0 Å². The average Bonchev–Trinajstić information content (AvgIpc) is 3.87. The highest BCUT2D eigenvalue weighted by molar-refractivity contribution is 6.01. The summed E-state index contributed by atoms with van der Waals surface area (Å²) < 4.78 is 35.9. The first-order valence-corrected chi connectivity index (χ1v) is 24.0. The van der Waals surface area contributed by atoms with Crippen LogP contribution >= 0.6 is 0 Å². The van der Waals surface area contributed by atoms with Crippen LogP contribution in [0.4, 0.5) is 10.1 Å². The van der Waals surface area contributed by atoms with Crippen LogP contribution in [-0.4, -0.2) is 92.7 Å². The highest BCUT2D eigenvalue weighted by Gasteiger charge is 2.48. The molecular formula is C54H63FN4O6. The third kappa shape index (κ3) is 8.11. The number of nitrogens with one attached hydrogen (secondary N) is 1. The number of anilines is 1. The van der Waals surface area contributed by atoms with Crippen molar-refractivity contribution in [1.82, 2.24) is 15.1 Å². The summed E-state index contributed by atoms with van der Waals surface area (Å²) in [6, 6.07) is 25.1. The zero-order valence-corrected chi connectivity index (χ0v) is 38.2. The molecule has 1 N–H and O–H groups in total. The normalized spacial score (nSPS) is 23.7. The maximum Gasteiger partial charge on any atom is 0.255 e. The topological polar surface area (TPSA) is 101 Å². The quantitative estimate of drug-likeness (QED) is 0.150. The van der Waals surface area contributed by atoms with E-state index in [1.807, 2.05) is 24.8 Å². The lowest BCUT2D eigenvalue weighted by molar-refractivity contribution is -0.125. The maximum atomic E-state index is 16.5. The lowest BCUT2D eigenvalue weighted by Gasteiger charge is -2.47. The molecule has 3 amide bonds. The van der Waals surface area contributed by atoms with Gasteiger partial charge in [-0.25, -0.2) is 4.39 Å². The van der Waals surface area contributed by atoms with Crippen molar-refractivity contribution in [1.29, 1.82) is 0 Å². The molecule has 3 fully saturated rings. The van der Waals surface area contributed by atoms with Crippen LogP contribution in [0.2, 0.25) is 0 Å². The molecule has 10 nitrogen and oxygen atoms in total. The number of likely N-dealkylation sites (tertiary alicyclic amines) is 1. The molecule has 0 bridgehead atoms. The number of ether oxygens (including phenoxy) is 3. The molecule has 65 heavy (non-hydrogen) atoms. The number of hydrogen-bond donors (Lipinski definition) is 1. The van der Waals surface area contributed by atoms with Crippen molar-refractivity contribution in [3.05, 3.63) is 123 Å². The zero-order chi connectivity index (χ0) is 44.9. The number of halogens is 1. The molecule has 3 saturated heterocycles. The molecule has 11 heteroatoms. The summed E-state index contributed by atoms with van der Waals surface area (Å²) in [5, 5.41) is 2.19. The van der Waals surface area contributed by atoms with Gasteiger partial charge in [-0.1, -0.05) is 60.7 Å². The third-order valence-electron chi connectivity index (χ3n) is 16.3. The fourth-order valence-electron chi connectivity index (χ4n) is 12.5. The molecule has 4 aromatic rings. The average molecular weight is 883 g/mol. The Morgan fingerprint density at radius 3 is 2.48 bits per heavy atom. The van der Waals surface area contributed by atoms with E-state index in [1.165, 1.54) is 22.3 Å². The van der Waals surface area contributed by atoms with Gasteiger partial charge >= 0.3 is 0 Å². The van der Waals surface area contributed by atoms with E-state index in [9.17, 15) is 14.4 Å². The molecule has 2 spiro atoms. The van der Waals surface area contributed by atoms with Crippen molar-refractivity contribution in [2.24, 2.45) is 5.92 Å². The second kappa shape index (κ2) is 17.9. The van der Waals surface area contributed by atoms with Crippen LogP contribution in [0, 0.1) is 18.7 Å². The number of methoxy groups -OCH3 is 1. The first kappa shape index (κ1) is 43.6. The lowest BCUT2D eigenvalue weighted by atomic mass is 9.69. The van der Waals surface area contributed by atoms with Gasteiger partial charge in [-0.05, 0) is 125 Å². The van der Waals surface area contributed by atoms with E-state index < -0.39 is 0 Å². The summed E-state index contributed by atoms with van der Waals surface area (Å²) >= 11 is 0. The second-order valence-corrected chi connectivity index (χ2v) is 20.0. The van der Waals surface area contributed by atoms with Crippen LogP contribution < -0.4 is 19.7 Å². The highest BCUT2D eigenvalue weighted by Crippen LogP contribution is 2.52. The van der Waals surface area contributed by atoms with Gasteiger partial charge in [-0.2, -0.15) is 0 Å². The molecule has 5 heterocycles. The number of piperidine rings is 2. The molecule has 0 aromatic heterocycles. The Balaban J connectivity index is 0.741. The summed E-state index contributed by atoms with van der Waals surface area (Å²) in [5.41, 5.74) is 9.16. The van der Waals surface area contributed by atoms with Crippen LogP contribution in [0.1, 0.15) is 126 Å². The number of imide groups is 1. The molecule has 342 valence electrons.